The lowest BCUT2D eigenvalue weighted by Gasteiger charge is -2.27. The van der Waals surface area contributed by atoms with E-state index in [2.05, 4.69) is 15.9 Å². The SMILES string of the molecule is Cc1ccc(C(=O)OC[C@@H](Br)[C@@H](OC(=O)c2ccc(C)cc2)[C@@H](C=O)OC(=O)c2ccc(C)cc2)cc1. The van der Waals surface area contributed by atoms with Gasteiger partial charge in [0.25, 0.3) is 0 Å². The number of alkyl halides is 1. The minimum Gasteiger partial charge on any atom is -0.461 e. The third kappa shape index (κ3) is 7.85. The number of ether oxygens (including phenoxy) is 3. The third-order valence-corrected chi connectivity index (χ3v) is 6.32. The molecular formula is C29H27BrO7. The average molecular weight is 567 g/mol. The molecule has 0 amide bonds. The average Bonchev–Trinajstić information content (AvgIpc) is 2.90. The largest absolute Gasteiger partial charge is 0.461 e. The van der Waals surface area contributed by atoms with Crippen molar-refractivity contribution in [3.8, 4) is 0 Å². The standard InChI is InChI=1S/C29H27BrO7/c1-18-4-10-21(11-5-18)27(32)35-17-24(30)26(37-29(34)23-14-8-20(3)9-15-23)25(16-31)36-28(33)22-12-6-19(2)7-13-22/h4-16,24-26H,17H2,1-3H3/t24-,25-,26-/m1/s1. The lowest BCUT2D eigenvalue weighted by molar-refractivity contribution is -0.122. The Morgan fingerprint density at radius 3 is 1.46 bits per heavy atom. The number of hydrogen-bond donors (Lipinski definition) is 0. The Morgan fingerprint density at radius 2 is 1.05 bits per heavy atom. The molecule has 8 heteroatoms. The van der Waals surface area contributed by atoms with Crippen LogP contribution in [0.4, 0.5) is 0 Å². The summed E-state index contributed by atoms with van der Waals surface area (Å²) in [5, 5.41) is 0. The molecule has 0 radical (unpaired) electrons. The summed E-state index contributed by atoms with van der Waals surface area (Å²) in [6.45, 7) is 5.39. The monoisotopic (exact) mass is 566 g/mol. The van der Waals surface area contributed by atoms with Crippen molar-refractivity contribution >= 4 is 40.1 Å². The Bertz CT molecular complexity index is 1230. The van der Waals surface area contributed by atoms with Crippen molar-refractivity contribution in [1.82, 2.24) is 0 Å². The zero-order valence-electron chi connectivity index (χ0n) is 20.7. The fourth-order valence-corrected chi connectivity index (χ4v) is 3.85. The fraction of sp³-hybridized carbons (Fsp3) is 0.241. The highest BCUT2D eigenvalue weighted by atomic mass is 79.9. The molecule has 0 fully saturated rings. The second-order valence-electron chi connectivity index (χ2n) is 8.59. The maximum absolute atomic E-state index is 12.9. The Hall–Kier alpha value is -3.78. The van der Waals surface area contributed by atoms with Gasteiger partial charge in [-0.1, -0.05) is 69.0 Å². The van der Waals surface area contributed by atoms with Gasteiger partial charge >= 0.3 is 17.9 Å². The van der Waals surface area contributed by atoms with Gasteiger partial charge in [-0.25, -0.2) is 14.4 Å². The van der Waals surface area contributed by atoms with Crippen LogP contribution in [0.25, 0.3) is 0 Å². The number of carbonyl (C=O) groups is 4. The van der Waals surface area contributed by atoms with Crippen molar-refractivity contribution in [2.24, 2.45) is 0 Å². The molecule has 3 aromatic carbocycles. The Balaban J connectivity index is 1.78. The molecule has 0 unspecified atom stereocenters. The molecule has 192 valence electrons. The summed E-state index contributed by atoms with van der Waals surface area (Å²) >= 11 is 3.36. The van der Waals surface area contributed by atoms with E-state index in [0.717, 1.165) is 16.7 Å². The molecule has 37 heavy (non-hydrogen) atoms. The molecule has 0 N–H and O–H groups in total. The number of carbonyl (C=O) groups excluding carboxylic acids is 4. The first kappa shape index (κ1) is 27.8. The minimum atomic E-state index is -1.47. The Labute approximate surface area is 223 Å². The van der Waals surface area contributed by atoms with Crippen LogP contribution in [0, 0.1) is 20.8 Å². The van der Waals surface area contributed by atoms with Crippen molar-refractivity contribution in [2.45, 2.75) is 37.8 Å². The second kappa shape index (κ2) is 13.0. The Kier molecular flexibility index (Phi) is 9.74. The zero-order chi connectivity index (χ0) is 26.9. The van der Waals surface area contributed by atoms with Crippen LogP contribution in [0.3, 0.4) is 0 Å². The third-order valence-electron chi connectivity index (χ3n) is 5.54. The van der Waals surface area contributed by atoms with Crippen LogP contribution in [0.2, 0.25) is 0 Å². The molecular weight excluding hydrogens is 540 g/mol. The summed E-state index contributed by atoms with van der Waals surface area (Å²) in [7, 11) is 0. The van der Waals surface area contributed by atoms with E-state index in [4.69, 9.17) is 14.2 Å². The highest BCUT2D eigenvalue weighted by Gasteiger charge is 2.36. The first-order valence-corrected chi connectivity index (χ1v) is 12.5. The van der Waals surface area contributed by atoms with Crippen LogP contribution in [0.15, 0.2) is 72.8 Å². The molecule has 0 aliphatic heterocycles. The van der Waals surface area contributed by atoms with Gasteiger partial charge in [0.1, 0.15) is 6.61 Å². The molecule has 3 rings (SSSR count). The first-order valence-electron chi connectivity index (χ1n) is 11.6. The van der Waals surface area contributed by atoms with Gasteiger partial charge in [-0.15, -0.1) is 0 Å². The summed E-state index contributed by atoms with van der Waals surface area (Å²) in [5.74, 6) is -2.07. The number of hydrogen-bond acceptors (Lipinski definition) is 7. The minimum absolute atomic E-state index is 0.234. The zero-order valence-corrected chi connectivity index (χ0v) is 22.3. The van der Waals surface area contributed by atoms with Crippen LogP contribution in [-0.4, -0.2) is 47.8 Å². The van der Waals surface area contributed by atoms with Crippen molar-refractivity contribution in [1.29, 1.82) is 0 Å². The van der Waals surface area contributed by atoms with E-state index in [0.29, 0.717) is 11.8 Å². The summed E-state index contributed by atoms with van der Waals surface area (Å²) in [6, 6.07) is 20.1. The van der Waals surface area contributed by atoms with Crippen molar-refractivity contribution in [2.75, 3.05) is 6.61 Å². The van der Waals surface area contributed by atoms with Crippen LogP contribution in [0.1, 0.15) is 47.8 Å². The van der Waals surface area contributed by atoms with E-state index in [1.165, 1.54) is 0 Å². The second-order valence-corrected chi connectivity index (χ2v) is 9.76. The number of aryl methyl sites for hydroxylation is 3. The lowest BCUT2D eigenvalue weighted by atomic mass is 10.1. The summed E-state index contributed by atoms with van der Waals surface area (Å²) in [4.78, 5) is 49.2. The summed E-state index contributed by atoms with van der Waals surface area (Å²) < 4.78 is 16.4. The summed E-state index contributed by atoms with van der Waals surface area (Å²) in [6.07, 6.45) is -2.37. The quantitative estimate of drug-likeness (QED) is 0.144. The Morgan fingerprint density at radius 1 is 0.676 bits per heavy atom. The predicted molar refractivity (Wildman–Crippen MR) is 141 cm³/mol. The van der Waals surface area contributed by atoms with Crippen LogP contribution in [-0.2, 0) is 19.0 Å². The highest BCUT2D eigenvalue weighted by molar-refractivity contribution is 9.09. The van der Waals surface area contributed by atoms with Crippen molar-refractivity contribution < 1.29 is 33.4 Å². The van der Waals surface area contributed by atoms with Gasteiger partial charge < -0.3 is 14.2 Å². The van der Waals surface area contributed by atoms with Gasteiger partial charge in [-0.05, 0) is 57.2 Å². The van der Waals surface area contributed by atoms with Crippen LogP contribution in [0.5, 0.6) is 0 Å². The van der Waals surface area contributed by atoms with Crippen molar-refractivity contribution in [3.05, 3.63) is 106 Å². The van der Waals surface area contributed by atoms with Gasteiger partial charge in [-0.3, -0.25) is 4.79 Å². The molecule has 0 bridgehead atoms. The molecule has 0 saturated carbocycles. The normalized spacial score (nSPS) is 13.1. The molecule has 0 aliphatic carbocycles. The van der Waals surface area contributed by atoms with E-state index >= 15 is 0 Å². The molecule has 0 aromatic heterocycles. The first-order chi connectivity index (χ1) is 17.7. The molecule has 3 atom stereocenters. The van der Waals surface area contributed by atoms with E-state index in [1.807, 2.05) is 20.8 Å². The molecule has 3 aromatic rings. The molecule has 0 heterocycles. The van der Waals surface area contributed by atoms with Crippen LogP contribution >= 0.6 is 15.9 Å². The molecule has 0 aliphatic rings. The fourth-order valence-electron chi connectivity index (χ4n) is 3.30. The van der Waals surface area contributed by atoms with Gasteiger partial charge in [0.05, 0.1) is 21.5 Å². The van der Waals surface area contributed by atoms with Gasteiger partial charge in [0, 0.05) is 0 Å². The lowest BCUT2D eigenvalue weighted by Crippen LogP contribution is -2.44. The maximum Gasteiger partial charge on any atom is 0.338 e. The number of aldehydes is 1. The van der Waals surface area contributed by atoms with Crippen molar-refractivity contribution in [3.63, 3.8) is 0 Å². The number of rotatable bonds is 10. The van der Waals surface area contributed by atoms with Crippen LogP contribution < -0.4 is 0 Å². The molecule has 7 nitrogen and oxygen atoms in total. The van der Waals surface area contributed by atoms with Gasteiger partial charge in [-0.2, -0.15) is 0 Å². The van der Waals surface area contributed by atoms with Gasteiger partial charge in [0.15, 0.2) is 18.5 Å². The van der Waals surface area contributed by atoms with E-state index in [1.54, 1.807) is 72.8 Å². The number of halogens is 1. The highest BCUT2D eigenvalue weighted by Crippen LogP contribution is 2.20. The van der Waals surface area contributed by atoms with E-state index < -0.39 is 34.9 Å². The smallest absolute Gasteiger partial charge is 0.338 e. The predicted octanol–water partition coefficient (Wildman–Crippen LogP) is 5.18. The molecule has 0 saturated heterocycles. The van der Waals surface area contributed by atoms with E-state index in [-0.39, 0.29) is 17.7 Å². The van der Waals surface area contributed by atoms with Gasteiger partial charge in [0.2, 0.25) is 0 Å². The molecule has 0 spiro atoms. The maximum atomic E-state index is 12.9. The number of benzene rings is 3. The van der Waals surface area contributed by atoms with E-state index in [9.17, 15) is 19.2 Å². The number of esters is 3. The topological polar surface area (TPSA) is 96.0 Å². The summed E-state index contributed by atoms with van der Waals surface area (Å²) in [5.41, 5.74) is 3.72.